The van der Waals surface area contributed by atoms with Crippen molar-refractivity contribution < 1.29 is 9.13 Å². The minimum Gasteiger partial charge on any atom is -0.488 e. The molecule has 1 aliphatic heterocycles. The largest absolute Gasteiger partial charge is 0.488 e. The first kappa shape index (κ1) is 13.3. The number of hydrogen-bond donors (Lipinski definition) is 1. The van der Waals surface area contributed by atoms with E-state index in [4.69, 9.17) is 16.3 Å². The molecule has 0 spiro atoms. The molecule has 2 aromatic rings. The number of hydrogen-bond acceptors (Lipinski definition) is 2. The second-order valence-corrected chi connectivity index (χ2v) is 5.47. The number of benzene rings is 2. The number of halogens is 2. The summed E-state index contributed by atoms with van der Waals surface area (Å²) >= 11 is 5.99. The lowest BCUT2D eigenvalue weighted by Crippen LogP contribution is -2.24. The van der Waals surface area contributed by atoms with Crippen LogP contribution >= 0.6 is 11.6 Å². The average molecular weight is 292 g/mol. The number of ether oxygens (including phenoxy) is 1. The molecular formula is C16H15ClFNO. The van der Waals surface area contributed by atoms with Gasteiger partial charge >= 0.3 is 0 Å². The van der Waals surface area contributed by atoms with Gasteiger partial charge in [-0.1, -0.05) is 17.7 Å². The van der Waals surface area contributed by atoms with Gasteiger partial charge in [-0.15, -0.1) is 0 Å². The fourth-order valence-electron chi connectivity index (χ4n) is 2.41. The number of rotatable bonds is 3. The highest BCUT2D eigenvalue weighted by molar-refractivity contribution is 6.30. The van der Waals surface area contributed by atoms with Gasteiger partial charge in [0, 0.05) is 22.7 Å². The SMILES string of the molecule is Cc1ccc(Cl)cc1NCC1Cc2cc(F)ccc2O1. The lowest BCUT2D eigenvalue weighted by Gasteiger charge is -2.14. The molecular weight excluding hydrogens is 277 g/mol. The van der Waals surface area contributed by atoms with Gasteiger partial charge in [0.1, 0.15) is 17.7 Å². The molecule has 1 unspecified atom stereocenters. The first-order chi connectivity index (χ1) is 9.61. The second kappa shape index (κ2) is 5.33. The maximum Gasteiger partial charge on any atom is 0.123 e. The van der Waals surface area contributed by atoms with E-state index in [1.807, 2.05) is 25.1 Å². The van der Waals surface area contributed by atoms with Crippen LogP contribution in [0.1, 0.15) is 11.1 Å². The summed E-state index contributed by atoms with van der Waals surface area (Å²) in [5, 5.41) is 4.05. The number of fused-ring (bicyclic) bond motifs is 1. The predicted octanol–water partition coefficient (Wildman–Crippen LogP) is 4.20. The molecule has 20 heavy (non-hydrogen) atoms. The molecule has 1 atom stereocenters. The second-order valence-electron chi connectivity index (χ2n) is 5.04. The molecule has 0 fully saturated rings. The van der Waals surface area contributed by atoms with Crippen molar-refractivity contribution >= 4 is 17.3 Å². The van der Waals surface area contributed by atoms with Gasteiger partial charge < -0.3 is 10.1 Å². The average Bonchev–Trinajstić information content (AvgIpc) is 2.81. The van der Waals surface area contributed by atoms with Crippen molar-refractivity contribution in [2.75, 3.05) is 11.9 Å². The molecule has 0 aliphatic carbocycles. The van der Waals surface area contributed by atoms with E-state index < -0.39 is 0 Å². The van der Waals surface area contributed by atoms with E-state index in [0.29, 0.717) is 11.6 Å². The van der Waals surface area contributed by atoms with E-state index in [-0.39, 0.29) is 11.9 Å². The summed E-state index contributed by atoms with van der Waals surface area (Å²) in [6.45, 7) is 2.69. The Hall–Kier alpha value is -1.74. The number of aryl methyl sites for hydroxylation is 1. The van der Waals surface area contributed by atoms with Crippen LogP contribution in [0.25, 0.3) is 0 Å². The van der Waals surface area contributed by atoms with Gasteiger partial charge in [0.05, 0.1) is 6.54 Å². The van der Waals surface area contributed by atoms with Crippen molar-refractivity contribution in [3.63, 3.8) is 0 Å². The van der Waals surface area contributed by atoms with Crippen LogP contribution in [0, 0.1) is 12.7 Å². The normalized spacial score (nSPS) is 16.6. The third-order valence-electron chi connectivity index (χ3n) is 3.48. The van der Waals surface area contributed by atoms with Crippen LogP contribution in [0.2, 0.25) is 5.02 Å². The van der Waals surface area contributed by atoms with Crippen molar-refractivity contribution in [3.05, 3.63) is 58.4 Å². The summed E-state index contributed by atoms with van der Waals surface area (Å²) in [5.74, 6) is 0.563. The van der Waals surface area contributed by atoms with E-state index in [1.54, 1.807) is 12.1 Å². The Morgan fingerprint density at radius 1 is 1.30 bits per heavy atom. The lowest BCUT2D eigenvalue weighted by molar-refractivity contribution is 0.246. The Kier molecular flexibility index (Phi) is 3.53. The summed E-state index contributed by atoms with van der Waals surface area (Å²) in [5.41, 5.74) is 3.07. The van der Waals surface area contributed by atoms with Gasteiger partial charge in [0.15, 0.2) is 0 Å². The van der Waals surface area contributed by atoms with Gasteiger partial charge in [-0.3, -0.25) is 0 Å². The minimum absolute atomic E-state index is 0.0187. The summed E-state index contributed by atoms with van der Waals surface area (Å²) in [6.07, 6.45) is 0.741. The van der Waals surface area contributed by atoms with Crippen molar-refractivity contribution in [1.29, 1.82) is 0 Å². The maximum atomic E-state index is 13.2. The van der Waals surface area contributed by atoms with Gasteiger partial charge in [-0.2, -0.15) is 0 Å². The standard InChI is InChI=1S/C16H15ClFNO/c1-10-2-3-12(17)8-15(10)19-9-14-7-11-6-13(18)4-5-16(11)20-14/h2-6,8,14,19H,7,9H2,1H3. The zero-order valence-electron chi connectivity index (χ0n) is 11.1. The summed E-state index contributed by atoms with van der Waals surface area (Å²) in [6, 6.07) is 10.4. The van der Waals surface area contributed by atoms with Crippen LogP contribution in [-0.2, 0) is 6.42 Å². The monoisotopic (exact) mass is 291 g/mol. The number of anilines is 1. The highest BCUT2D eigenvalue weighted by Gasteiger charge is 2.23. The first-order valence-corrected chi connectivity index (χ1v) is 6.95. The molecule has 3 rings (SSSR count). The topological polar surface area (TPSA) is 21.3 Å². The summed E-state index contributed by atoms with van der Waals surface area (Å²) < 4.78 is 18.9. The van der Waals surface area contributed by atoms with Crippen LogP contribution in [0.4, 0.5) is 10.1 Å². The zero-order chi connectivity index (χ0) is 14.1. The van der Waals surface area contributed by atoms with Crippen molar-refractivity contribution in [2.45, 2.75) is 19.4 Å². The molecule has 1 aliphatic rings. The molecule has 2 aromatic carbocycles. The Morgan fingerprint density at radius 2 is 2.15 bits per heavy atom. The van der Waals surface area contributed by atoms with Crippen molar-refractivity contribution in [1.82, 2.24) is 0 Å². The first-order valence-electron chi connectivity index (χ1n) is 6.57. The molecule has 1 heterocycles. The van der Waals surface area contributed by atoms with E-state index in [1.165, 1.54) is 6.07 Å². The Morgan fingerprint density at radius 3 is 3.00 bits per heavy atom. The van der Waals surface area contributed by atoms with Crippen LogP contribution in [-0.4, -0.2) is 12.6 Å². The predicted molar refractivity (Wildman–Crippen MR) is 79.2 cm³/mol. The van der Waals surface area contributed by atoms with E-state index in [9.17, 15) is 4.39 Å². The van der Waals surface area contributed by atoms with Gasteiger partial charge in [0.25, 0.3) is 0 Å². The smallest absolute Gasteiger partial charge is 0.123 e. The molecule has 0 aromatic heterocycles. The molecule has 104 valence electrons. The third kappa shape index (κ3) is 2.73. The molecule has 2 nitrogen and oxygen atoms in total. The third-order valence-corrected chi connectivity index (χ3v) is 3.72. The Bertz CT molecular complexity index is 644. The fraction of sp³-hybridized carbons (Fsp3) is 0.250. The fourth-order valence-corrected chi connectivity index (χ4v) is 2.58. The molecule has 0 amide bonds. The molecule has 4 heteroatoms. The van der Waals surface area contributed by atoms with Crippen LogP contribution < -0.4 is 10.1 Å². The highest BCUT2D eigenvalue weighted by Crippen LogP contribution is 2.29. The summed E-state index contributed by atoms with van der Waals surface area (Å²) in [4.78, 5) is 0. The van der Waals surface area contributed by atoms with Crippen LogP contribution in [0.5, 0.6) is 5.75 Å². The van der Waals surface area contributed by atoms with Crippen LogP contribution in [0.3, 0.4) is 0 Å². The minimum atomic E-state index is -0.216. The Labute approximate surface area is 122 Å². The maximum absolute atomic E-state index is 13.2. The van der Waals surface area contributed by atoms with Crippen molar-refractivity contribution in [3.8, 4) is 5.75 Å². The highest BCUT2D eigenvalue weighted by atomic mass is 35.5. The lowest BCUT2D eigenvalue weighted by atomic mass is 10.1. The van der Waals surface area contributed by atoms with Gasteiger partial charge in [-0.05, 0) is 42.8 Å². The molecule has 0 bridgehead atoms. The quantitative estimate of drug-likeness (QED) is 0.915. The van der Waals surface area contributed by atoms with E-state index in [2.05, 4.69) is 5.32 Å². The molecule has 0 saturated carbocycles. The van der Waals surface area contributed by atoms with Gasteiger partial charge in [-0.25, -0.2) is 4.39 Å². The van der Waals surface area contributed by atoms with Gasteiger partial charge in [0.2, 0.25) is 0 Å². The van der Waals surface area contributed by atoms with E-state index >= 15 is 0 Å². The molecule has 1 N–H and O–H groups in total. The number of nitrogens with one attached hydrogen (secondary N) is 1. The van der Waals surface area contributed by atoms with E-state index in [0.717, 1.165) is 29.0 Å². The molecule has 0 saturated heterocycles. The Balaban J connectivity index is 1.65. The summed E-state index contributed by atoms with van der Waals surface area (Å²) in [7, 11) is 0. The van der Waals surface area contributed by atoms with Crippen molar-refractivity contribution in [2.24, 2.45) is 0 Å². The zero-order valence-corrected chi connectivity index (χ0v) is 11.9. The molecule has 0 radical (unpaired) electrons. The van der Waals surface area contributed by atoms with Crippen LogP contribution in [0.15, 0.2) is 36.4 Å².